The van der Waals surface area contributed by atoms with Gasteiger partial charge in [-0.05, 0) is 81.8 Å². The van der Waals surface area contributed by atoms with Gasteiger partial charge in [0, 0.05) is 5.56 Å². The minimum absolute atomic E-state index is 0.233. The third kappa shape index (κ3) is 4.64. The highest BCUT2D eigenvalue weighted by Gasteiger charge is 2.24. The topological polar surface area (TPSA) is 57.1 Å². The molecule has 0 aliphatic carbocycles. The van der Waals surface area contributed by atoms with Crippen molar-refractivity contribution in [1.82, 2.24) is 0 Å². The zero-order valence-electron chi connectivity index (χ0n) is 17.1. The molecular formula is C25H20INO4. The number of esters is 1. The highest BCUT2D eigenvalue weighted by molar-refractivity contribution is 14.1. The van der Waals surface area contributed by atoms with Gasteiger partial charge in [-0.15, -0.1) is 0 Å². The Kier molecular flexibility index (Phi) is 6.08. The molecule has 4 rings (SSSR count). The summed E-state index contributed by atoms with van der Waals surface area (Å²) in [6.07, 6.45) is 1.68. The van der Waals surface area contributed by atoms with Gasteiger partial charge in [-0.1, -0.05) is 36.9 Å². The average molecular weight is 525 g/mol. The zero-order chi connectivity index (χ0) is 22.0. The van der Waals surface area contributed by atoms with Gasteiger partial charge in [0.1, 0.15) is 6.61 Å². The van der Waals surface area contributed by atoms with Crippen LogP contribution in [-0.2, 0) is 9.53 Å². The van der Waals surface area contributed by atoms with Gasteiger partial charge in [0.05, 0.1) is 10.7 Å². The first-order chi connectivity index (χ1) is 14.9. The van der Waals surface area contributed by atoms with Gasteiger partial charge in [-0.3, -0.25) is 0 Å². The molecule has 0 bridgehead atoms. The van der Waals surface area contributed by atoms with E-state index >= 15 is 0 Å². The molecule has 0 amide bonds. The minimum atomic E-state index is -0.486. The molecule has 0 atom stereocenters. The summed E-state index contributed by atoms with van der Waals surface area (Å²) in [6, 6.07) is 17.6. The lowest BCUT2D eigenvalue weighted by molar-refractivity contribution is -0.129. The molecular weight excluding hydrogens is 505 g/mol. The first kappa shape index (κ1) is 21.1. The Bertz CT molecular complexity index is 1260. The number of halogens is 1. The summed E-state index contributed by atoms with van der Waals surface area (Å²) in [7, 11) is 1.58. The van der Waals surface area contributed by atoms with Gasteiger partial charge in [0.2, 0.25) is 5.90 Å². The Morgan fingerprint density at radius 2 is 1.94 bits per heavy atom. The summed E-state index contributed by atoms with van der Waals surface area (Å²) in [6.45, 7) is 6.15. The maximum Gasteiger partial charge on any atom is 0.363 e. The van der Waals surface area contributed by atoms with Gasteiger partial charge < -0.3 is 14.2 Å². The van der Waals surface area contributed by atoms with Crippen molar-refractivity contribution in [2.24, 2.45) is 4.99 Å². The Morgan fingerprint density at radius 3 is 2.68 bits per heavy atom. The smallest absolute Gasteiger partial charge is 0.363 e. The Balaban J connectivity index is 1.66. The molecule has 0 aromatic heterocycles. The second kappa shape index (κ2) is 8.93. The van der Waals surface area contributed by atoms with Crippen molar-refractivity contribution in [3.8, 4) is 11.5 Å². The fourth-order valence-electron chi connectivity index (χ4n) is 3.17. The quantitative estimate of drug-likeness (QED) is 0.178. The molecule has 1 aliphatic rings. The number of nitrogens with zero attached hydrogens (tertiary/aromatic N) is 1. The number of hydrogen-bond acceptors (Lipinski definition) is 5. The summed E-state index contributed by atoms with van der Waals surface area (Å²) in [4.78, 5) is 16.9. The third-order valence-corrected chi connectivity index (χ3v) is 5.44. The third-order valence-electron chi connectivity index (χ3n) is 4.63. The van der Waals surface area contributed by atoms with E-state index in [1.54, 1.807) is 19.3 Å². The van der Waals surface area contributed by atoms with Crippen LogP contribution in [0.25, 0.3) is 16.8 Å². The van der Waals surface area contributed by atoms with Crippen LogP contribution in [-0.4, -0.2) is 25.6 Å². The van der Waals surface area contributed by atoms with Crippen LogP contribution in [0.3, 0.4) is 0 Å². The van der Waals surface area contributed by atoms with Gasteiger partial charge in [-0.25, -0.2) is 9.79 Å². The van der Waals surface area contributed by atoms with Crippen molar-refractivity contribution in [3.63, 3.8) is 0 Å². The van der Waals surface area contributed by atoms with Crippen molar-refractivity contribution in [1.29, 1.82) is 0 Å². The van der Waals surface area contributed by atoms with Crippen LogP contribution < -0.4 is 9.47 Å². The van der Waals surface area contributed by atoms with E-state index in [-0.39, 0.29) is 5.70 Å². The lowest BCUT2D eigenvalue weighted by Gasteiger charge is -2.13. The molecule has 3 aromatic rings. The fourth-order valence-corrected chi connectivity index (χ4v) is 3.95. The molecule has 156 valence electrons. The molecule has 0 spiro atoms. The van der Waals surface area contributed by atoms with E-state index in [9.17, 15) is 4.79 Å². The van der Waals surface area contributed by atoms with E-state index in [2.05, 4.69) is 34.2 Å². The number of cyclic esters (lactones) is 1. The largest absolute Gasteiger partial charge is 0.493 e. The number of aliphatic imine (C=N–C) groups is 1. The van der Waals surface area contributed by atoms with E-state index < -0.39 is 5.97 Å². The van der Waals surface area contributed by atoms with E-state index in [1.165, 1.54) is 0 Å². The zero-order valence-corrected chi connectivity index (χ0v) is 19.3. The highest BCUT2D eigenvalue weighted by atomic mass is 127. The normalized spacial score (nSPS) is 14.5. The molecule has 0 saturated heterocycles. The summed E-state index contributed by atoms with van der Waals surface area (Å²) in [5.74, 6) is 1.03. The highest BCUT2D eigenvalue weighted by Crippen LogP contribution is 2.35. The SMILES string of the molecule is C=C(C)COc1c(I)cc(/C=C2\N=C(c3ccc4ccccc4c3)OC2=O)cc1OC. The molecule has 0 fully saturated rings. The standard InChI is InChI=1S/C25H20INO4/c1-15(2)14-30-23-20(26)10-16(12-22(23)29-3)11-21-25(28)31-24(27-21)19-9-8-17-6-4-5-7-18(17)13-19/h4-13H,1,14H2,2-3H3/b21-11-. The predicted octanol–water partition coefficient (Wildman–Crippen LogP) is 5.75. The van der Waals surface area contributed by atoms with E-state index in [1.807, 2.05) is 55.5 Å². The van der Waals surface area contributed by atoms with Crippen LogP contribution in [0, 0.1) is 3.57 Å². The van der Waals surface area contributed by atoms with Gasteiger partial charge in [-0.2, -0.15) is 0 Å². The van der Waals surface area contributed by atoms with Gasteiger partial charge in [0.15, 0.2) is 17.2 Å². The molecule has 3 aromatic carbocycles. The summed E-state index contributed by atoms with van der Waals surface area (Å²) in [5.41, 5.74) is 2.66. The number of hydrogen-bond donors (Lipinski definition) is 0. The number of methoxy groups -OCH3 is 1. The summed E-state index contributed by atoms with van der Waals surface area (Å²) in [5, 5.41) is 2.17. The Hall–Kier alpha value is -3.13. The molecule has 1 aliphatic heterocycles. The van der Waals surface area contributed by atoms with Crippen molar-refractivity contribution >= 4 is 51.3 Å². The van der Waals surface area contributed by atoms with Crippen molar-refractivity contribution in [3.05, 3.63) is 87.1 Å². The first-order valence-electron chi connectivity index (χ1n) is 9.61. The molecule has 5 nitrogen and oxygen atoms in total. The number of benzene rings is 3. The molecule has 1 heterocycles. The lowest BCUT2D eigenvalue weighted by atomic mass is 10.1. The molecule has 0 saturated carbocycles. The van der Waals surface area contributed by atoms with Crippen molar-refractivity contribution in [2.45, 2.75) is 6.92 Å². The summed E-state index contributed by atoms with van der Waals surface area (Å²) >= 11 is 2.18. The minimum Gasteiger partial charge on any atom is -0.493 e. The number of fused-ring (bicyclic) bond motifs is 1. The molecule has 0 unspecified atom stereocenters. The van der Waals surface area contributed by atoms with Crippen LogP contribution in [0.2, 0.25) is 0 Å². The van der Waals surface area contributed by atoms with E-state index in [0.29, 0.717) is 24.0 Å². The second-order valence-corrected chi connectivity index (χ2v) is 8.34. The number of carbonyl (C=O) groups is 1. The van der Waals surface area contributed by atoms with Crippen LogP contribution in [0.4, 0.5) is 0 Å². The van der Waals surface area contributed by atoms with Gasteiger partial charge >= 0.3 is 5.97 Å². The molecule has 6 heteroatoms. The number of ether oxygens (including phenoxy) is 3. The Labute approximate surface area is 194 Å². The average Bonchev–Trinajstić information content (AvgIpc) is 3.12. The monoisotopic (exact) mass is 525 g/mol. The van der Waals surface area contributed by atoms with Crippen LogP contribution in [0.5, 0.6) is 11.5 Å². The first-order valence-corrected chi connectivity index (χ1v) is 10.7. The maximum absolute atomic E-state index is 12.4. The Morgan fingerprint density at radius 1 is 1.16 bits per heavy atom. The van der Waals surface area contributed by atoms with Crippen molar-refractivity contribution in [2.75, 3.05) is 13.7 Å². The molecule has 31 heavy (non-hydrogen) atoms. The lowest BCUT2D eigenvalue weighted by Crippen LogP contribution is -2.05. The summed E-state index contributed by atoms with van der Waals surface area (Å²) < 4.78 is 17.6. The number of rotatable bonds is 6. The molecule has 0 radical (unpaired) electrons. The van der Waals surface area contributed by atoms with Gasteiger partial charge in [0.25, 0.3) is 0 Å². The maximum atomic E-state index is 12.4. The van der Waals surface area contributed by atoms with Crippen LogP contribution in [0.15, 0.2) is 77.4 Å². The van der Waals surface area contributed by atoms with Crippen molar-refractivity contribution < 1.29 is 19.0 Å². The molecule has 0 N–H and O–H groups in total. The van der Waals surface area contributed by atoms with Crippen LogP contribution >= 0.6 is 22.6 Å². The van der Waals surface area contributed by atoms with E-state index in [4.69, 9.17) is 14.2 Å². The predicted molar refractivity (Wildman–Crippen MR) is 131 cm³/mol. The second-order valence-electron chi connectivity index (χ2n) is 7.18. The number of carbonyl (C=O) groups excluding carboxylic acids is 1. The van der Waals surface area contributed by atoms with Crippen LogP contribution in [0.1, 0.15) is 18.1 Å². The van der Waals surface area contributed by atoms with E-state index in [0.717, 1.165) is 31.0 Å². The fraction of sp³-hybridized carbons (Fsp3) is 0.120.